The Kier molecular flexibility index (Phi) is 5.98. The van der Waals surface area contributed by atoms with E-state index in [2.05, 4.69) is 15.3 Å². The smallest absolute Gasteiger partial charge is 0.252 e. The molecule has 142 valence electrons. The molecule has 0 spiro atoms. The topological polar surface area (TPSA) is 54.9 Å². The molecule has 2 heterocycles. The van der Waals surface area contributed by atoms with Gasteiger partial charge in [0.15, 0.2) is 0 Å². The van der Waals surface area contributed by atoms with Crippen LogP contribution in [0, 0.1) is 0 Å². The molecule has 4 aromatic rings. The number of nitrogens with one attached hydrogen (secondary N) is 1. The number of pyridine rings is 2. The Morgan fingerprint density at radius 2 is 1.45 bits per heavy atom. The van der Waals surface area contributed by atoms with Crippen LogP contribution in [0.15, 0.2) is 113 Å². The highest BCUT2D eigenvalue weighted by Gasteiger charge is 2.17. The van der Waals surface area contributed by atoms with Gasteiger partial charge < -0.3 is 5.32 Å². The van der Waals surface area contributed by atoms with Gasteiger partial charge in [-0.05, 0) is 59.7 Å². The Bertz CT molecular complexity index is 1020. The van der Waals surface area contributed by atoms with Gasteiger partial charge in [-0.15, -0.1) is 0 Å². The summed E-state index contributed by atoms with van der Waals surface area (Å²) >= 11 is 1.57. The van der Waals surface area contributed by atoms with Gasteiger partial charge in [-0.1, -0.05) is 48.2 Å². The third kappa shape index (κ3) is 4.89. The van der Waals surface area contributed by atoms with Gasteiger partial charge in [0.25, 0.3) is 5.91 Å². The second kappa shape index (κ2) is 9.17. The Labute approximate surface area is 174 Å². The first kappa shape index (κ1) is 18.9. The van der Waals surface area contributed by atoms with E-state index >= 15 is 0 Å². The van der Waals surface area contributed by atoms with E-state index in [1.807, 2.05) is 84.9 Å². The summed E-state index contributed by atoms with van der Waals surface area (Å²) in [6, 6.07) is 26.9. The van der Waals surface area contributed by atoms with Crippen molar-refractivity contribution in [3.63, 3.8) is 0 Å². The molecule has 4 nitrogen and oxygen atoms in total. The number of carbonyl (C=O) groups is 1. The van der Waals surface area contributed by atoms with Crippen LogP contribution in [-0.4, -0.2) is 15.9 Å². The fourth-order valence-corrected chi connectivity index (χ4v) is 3.75. The third-order valence-electron chi connectivity index (χ3n) is 4.42. The van der Waals surface area contributed by atoms with Crippen LogP contribution in [0.3, 0.4) is 0 Å². The van der Waals surface area contributed by atoms with Crippen molar-refractivity contribution < 1.29 is 4.79 Å². The maximum atomic E-state index is 12.9. The maximum Gasteiger partial charge on any atom is 0.252 e. The minimum atomic E-state index is -0.241. The molecule has 0 bridgehead atoms. The Hall–Kier alpha value is -3.44. The molecule has 1 unspecified atom stereocenters. The minimum absolute atomic E-state index is 0.120. The monoisotopic (exact) mass is 397 g/mol. The van der Waals surface area contributed by atoms with E-state index in [9.17, 15) is 4.79 Å². The lowest BCUT2D eigenvalue weighted by molar-refractivity contribution is 0.0943. The van der Waals surface area contributed by atoms with Gasteiger partial charge in [0.1, 0.15) is 5.03 Å². The highest BCUT2D eigenvalue weighted by molar-refractivity contribution is 7.99. The largest absolute Gasteiger partial charge is 0.341 e. The lowest BCUT2D eigenvalue weighted by atomic mass is 9.99. The molecule has 0 aliphatic rings. The number of benzene rings is 2. The molecule has 1 N–H and O–H groups in total. The quantitative estimate of drug-likeness (QED) is 0.489. The molecule has 5 heteroatoms. The standard InChI is InChI=1S/C24H19N3OS/c28-24(20-9-11-21(12-10-20)29-22-8-4-5-15-26-22)27-23(18-6-2-1-3-7-18)19-13-16-25-17-14-19/h1-17,23H,(H,27,28). The second-order valence-electron chi connectivity index (χ2n) is 6.39. The molecule has 0 aliphatic heterocycles. The average Bonchev–Trinajstić information content (AvgIpc) is 2.80. The van der Waals surface area contributed by atoms with Gasteiger partial charge in [0, 0.05) is 29.0 Å². The number of aromatic nitrogens is 2. The van der Waals surface area contributed by atoms with Crippen LogP contribution in [-0.2, 0) is 0 Å². The lowest BCUT2D eigenvalue weighted by Crippen LogP contribution is -2.29. The van der Waals surface area contributed by atoms with Crippen molar-refractivity contribution in [3.8, 4) is 0 Å². The number of rotatable bonds is 6. The van der Waals surface area contributed by atoms with E-state index in [4.69, 9.17) is 0 Å². The summed E-state index contributed by atoms with van der Waals surface area (Å²) in [4.78, 5) is 22.4. The molecule has 4 rings (SSSR count). The predicted molar refractivity (Wildman–Crippen MR) is 115 cm³/mol. The summed E-state index contributed by atoms with van der Waals surface area (Å²) in [5, 5.41) is 4.07. The van der Waals surface area contributed by atoms with Crippen molar-refractivity contribution in [1.82, 2.24) is 15.3 Å². The summed E-state index contributed by atoms with van der Waals surface area (Å²) < 4.78 is 0. The number of amides is 1. The number of hydrogen-bond acceptors (Lipinski definition) is 4. The van der Waals surface area contributed by atoms with Crippen molar-refractivity contribution in [2.24, 2.45) is 0 Å². The van der Waals surface area contributed by atoms with Gasteiger partial charge in [-0.3, -0.25) is 9.78 Å². The summed E-state index contributed by atoms with van der Waals surface area (Å²) in [7, 11) is 0. The van der Waals surface area contributed by atoms with Crippen LogP contribution >= 0.6 is 11.8 Å². The summed E-state index contributed by atoms with van der Waals surface area (Å²) in [5.74, 6) is -0.120. The first-order valence-electron chi connectivity index (χ1n) is 9.24. The van der Waals surface area contributed by atoms with Gasteiger partial charge in [0.05, 0.1) is 6.04 Å². The minimum Gasteiger partial charge on any atom is -0.341 e. The molecule has 0 saturated carbocycles. The van der Waals surface area contributed by atoms with E-state index in [0.29, 0.717) is 5.56 Å². The maximum absolute atomic E-state index is 12.9. The lowest BCUT2D eigenvalue weighted by Gasteiger charge is -2.20. The Morgan fingerprint density at radius 1 is 0.759 bits per heavy atom. The van der Waals surface area contributed by atoms with Gasteiger partial charge in [-0.2, -0.15) is 0 Å². The van der Waals surface area contributed by atoms with Crippen molar-refractivity contribution in [2.75, 3.05) is 0 Å². The van der Waals surface area contributed by atoms with Crippen LogP contribution in [0.25, 0.3) is 0 Å². The van der Waals surface area contributed by atoms with Crippen LogP contribution in [0.4, 0.5) is 0 Å². The number of hydrogen-bond donors (Lipinski definition) is 1. The highest BCUT2D eigenvalue weighted by Crippen LogP contribution is 2.26. The van der Waals surface area contributed by atoms with E-state index < -0.39 is 0 Å². The second-order valence-corrected chi connectivity index (χ2v) is 7.49. The zero-order valence-corrected chi connectivity index (χ0v) is 16.4. The van der Waals surface area contributed by atoms with Crippen molar-refractivity contribution in [2.45, 2.75) is 16.0 Å². The van der Waals surface area contributed by atoms with Gasteiger partial charge >= 0.3 is 0 Å². The van der Waals surface area contributed by atoms with Crippen molar-refractivity contribution >= 4 is 17.7 Å². The first-order chi connectivity index (χ1) is 14.3. The molecule has 0 radical (unpaired) electrons. The Balaban J connectivity index is 1.52. The Morgan fingerprint density at radius 3 is 2.14 bits per heavy atom. The fraction of sp³-hybridized carbons (Fsp3) is 0.0417. The normalized spacial score (nSPS) is 11.6. The van der Waals surface area contributed by atoms with Gasteiger partial charge in [-0.25, -0.2) is 4.98 Å². The van der Waals surface area contributed by atoms with E-state index in [1.54, 1.807) is 30.4 Å². The molecule has 0 fully saturated rings. The molecular formula is C24H19N3OS. The molecule has 1 amide bonds. The van der Waals surface area contributed by atoms with Crippen LogP contribution in [0.5, 0.6) is 0 Å². The molecule has 29 heavy (non-hydrogen) atoms. The number of nitrogens with zero attached hydrogens (tertiary/aromatic N) is 2. The average molecular weight is 398 g/mol. The zero-order chi connectivity index (χ0) is 19.9. The fourth-order valence-electron chi connectivity index (χ4n) is 2.98. The van der Waals surface area contributed by atoms with Crippen LogP contribution in [0.1, 0.15) is 27.5 Å². The summed E-state index contributed by atoms with van der Waals surface area (Å²) in [5.41, 5.74) is 2.63. The number of carbonyl (C=O) groups excluding carboxylic acids is 1. The zero-order valence-electron chi connectivity index (χ0n) is 15.6. The molecular weight excluding hydrogens is 378 g/mol. The molecule has 2 aromatic carbocycles. The summed E-state index contributed by atoms with van der Waals surface area (Å²) in [6.45, 7) is 0. The SMILES string of the molecule is O=C(NC(c1ccccc1)c1ccncc1)c1ccc(Sc2ccccn2)cc1. The predicted octanol–water partition coefficient (Wildman–Crippen LogP) is 5.15. The molecule has 0 saturated heterocycles. The first-order valence-corrected chi connectivity index (χ1v) is 10.1. The van der Waals surface area contributed by atoms with E-state index in [0.717, 1.165) is 21.0 Å². The van der Waals surface area contributed by atoms with E-state index in [1.165, 1.54) is 0 Å². The van der Waals surface area contributed by atoms with Crippen molar-refractivity contribution in [3.05, 3.63) is 120 Å². The molecule has 2 aromatic heterocycles. The highest BCUT2D eigenvalue weighted by atomic mass is 32.2. The van der Waals surface area contributed by atoms with Crippen molar-refractivity contribution in [1.29, 1.82) is 0 Å². The molecule has 1 atom stereocenters. The van der Waals surface area contributed by atoms with Crippen LogP contribution < -0.4 is 5.32 Å². The molecule has 0 aliphatic carbocycles. The summed E-state index contributed by atoms with van der Waals surface area (Å²) in [6.07, 6.45) is 5.25. The van der Waals surface area contributed by atoms with Crippen LogP contribution in [0.2, 0.25) is 0 Å². The van der Waals surface area contributed by atoms with E-state index in [-0.39, 0.29) is 11.9 Å². The third-order valence-corrected chi connectivity index (χ3v) is 5.38. The van der Waals surface area contributed by atoms with Gasteiger partial charge in [0.2, 0.25) is 0 Å².